The van der Waals surface area contributed by atoms with Crippen molar-refractivity contribution in [3.05, 3.63) is 12.7 Å². The summed E-state index contributed by atoms with van der Waals surface area (Å²) in [5, 5.41) is 3.51. The first-order valence-electron chi connectivity index (χ1n) is 4.66. The Hall–Kier alpha value is -0.450. The largest absolute Gasteiger partial charge is 0.301 e. The topological polar surface area (TPSA) is 12.0 Å². The van der Waals surface area contributed by atoms with E-state index >= 15 is 0 Å². The fourth-order valence-corrected chi connectivity index (χ4v) is 1.69. The van der Waals surface area contributed by atoms with E-state index in [2.05, 4.69) is 23.7 Å². The molecule has 2 atom stereocenters. The van der Waals surface area contributed by atoms with Crippen LogP contribution >= 0.6 is 12.4 Å². The molecule has 0 radical (unpaired) electrons. The lowest BCUT2D eigenvalue weighted by atomic mass is 9.97. The Morgan fingerprint density at radius 3 is 2.92 bits per heavy atom. The lowest BCUT2D eigenvalue weighted by molar-refractivity contribution is 0.364. The molecule has 0 amide bonds. The smallest absolute Gasteiger partial charge is 0.0691 e. The van der Waals surface area contributed by atoms with Crippen LogP contribution in [0.4, 0.5) is 0 Å². The molecular weight excluding hydrogens is 182 g/mol. The molecule has 0 aromatic rings. The number of hydrogen-bond acceptors (Lipinski definition) is 1. The molecule has 13 heavy (non-hydrogen) atoms. The minimum absolute atomic E-state index is 0. The van der Waals surface area contributed by atoms with Crippen LogP contribution in [0, 0.1) is 11.8 Å². The van der Waals surface area contributed by atoms with Crippen LogP contribution in [0.25, 0.3) is 0 Å². The van der Waals surface area contributed by atoms with Crippen molar-refractivity contribution in [2.24, 2.45) is 0 Å². The van der Waals surface area contributed by atoms with Gasteiger partial charge in [0.2, 0.25) is 0 Å². The molecule has 0 aromatic carbocycles. The summed E-state index contributed by atoms with van der Waals surface area (Å²) >= 11 is 0. The Balaban J connectivity index is 0.00000144. The molecule has 1 aliphatic heterocycles. The standard InChI is InChI=1S/C11H17N.ClH/c1-3-6-10-8-5-9-11(12-10)7-4-2;/h3,10-12H,1,5-6,8-9H2,2H3;1H. The Labute approximate surface area is 87.4 Å². The van der Waals surface area contributed by atoms with Crippen LogP contribution in [0.3, 0.4) is 0 Å². The van der Waals surface area contributed by atoms with Crippen molar-refractivity contribution in [1.82, 2.24) is 5.32 Å². The molecule has 1 aliphatic rings. The lowest BCUT2D eigenvalue weighted by Gasteiger charge is -2.27. The third-order valence-electron chi connectivity index (χ3n) is 2.25. The Morgan fingerprint density at radius 1 is 1.54 bits per heavy atom. The maximum atomic E-state index is 3.75. The highest BCUT2D eigenvalue weighted by Crippen LogP contribution is 2.14. The van der Waals surface area contributed by atoms with E-state index < -0.39 is 0 Å². The quantitative estimate of drug-likeness (QED) is 0.533. The molecule has 1 N–H and O–H groups in total. The number of hydrogen-bond donors (Lipinski definition) is 1. The van der Waals surface area contributed by atoms with Crippen molar-refractivity contribution in [1.29, 1.82) is 0 Å². The first kappa shape index (κ1) is 12.6. The molecule has 1 heterocycles. The van der Waals surface area contributed by atoms with Crippen LogP contribution < -0.4 is 5.32 Å². The van der Waals surface area contributed by atoms with Crippen LogP contribution in [0.1, 0.15) is 32.6 Å². The maximum absolute atomic E-state index is 3.75. The molecule has 0 saturated carbocycles. The molecule has 1 saturated heterocycles. The third kappa shape index (κ3) is 4.36. The van der Waals surface area contributed by atoms with Gasteiger partial charge in [0.25, 0.3) is 0 Å². The Bertz CT molecular complexity index is 202. The molecule has 1 fully saturated rings. The first-order valence-corrected chi connectivity index (χ1v) is 4.66. The first-order chi connectivity index (χ1) is 5.86. The molecule has 1 nitrogen and oxygen atoms in total. The monoisotopic (exact) mass is 199 g/mol. The number of rotatable bonds is 2. The summed E-state index contributed by atoms with van der Waals surface area (Å²) < 4.78 is 0. The number of halogens is 1. The average Bonchev–Trinajstić information content (AvgIpc) is 2.06. The summed E-state index contributed by atoms with van der Waals surface area (Å²) in [6.45, 7) is 5.65. The van der Waals surface area contributed by atoms with Crippen LogP contribution in [0.2, 0.25) is 0 Å². The summed E-state index contributed by atoms with van der Waals surface area (Å²) in [5.41, 5.74) is 0. The van der Waals surface area contributed by atoms with Gasteiger partial charge in [-0.25, -0.2) is 0 Å². The number of piperidine rings is 1. The van der Waals surface area contributed by atoms with Gasteiger partial charge >= 0.3 is 0 Å². The molecule has 0 aromatic heterocycles. The summed E-state index contributed by atoms with van der Waals surface area (Å²) in [7, 11) is 0. The molecule has 2 heteroatoms. The summed E-state index contributed by atoms with van der Waals surface area (Å²) in [6, 6.07) is 1.04. The zero-order valence-electron chi connectivity index (χ0n) is 8.18. The van der Waals surface area contributed by atoms with Gasteiger partial charge in [-0.1, -0.05) is 12.0 Å². The third-order valence-corrected chi connectivity index (χ3v) is 2.25. The van der Waals surface area contributed by atoms with Crippen molar-refractivity contribution in [2.45, 2.75) is 44.7 Å². The molecule has 0 bridgehead atoms. The molecule has 0 spiro atoms. The van der Waals surface area contributed by atoms with Gasteiger partial charge in [-0.2, -0.15) is 0 Å². The highest BCUT2D eigenvalue weighted by Gasteiger charge is 2.17. The van der Waals surface area contributed by atoms with E-state index in [1.54, 1.807) is 0 Å². The van der Waals surface area contributed by atoms with E-state index in [-0.39, 0.29) is 12.4 Å². The Morgan fingerprint density at radius 2 is 2.31 bits per heavy atom. The summed E-state index contributed by atoms with van der Waals surface area (Å²) in [5.74, 6) is 6.14. The van der Waals surface area contributed by atoms with Crippen LogP contribution in [-0.4, -0.2) is 12.1 Å². The van der Waals surface area contributed by atoms with Crippen molar-refractivity contribution in [3.63, 3.8) is 0 Å². The second kappa shape index (κ2) is 7.00. The van der Waals surface area contributed by atoms with Gasteiger partial charge in [0.15, 0.2) is 0 Å². The van der Waals surface area contributed by atoms with E-state index in [4.69, 9.17) is 0 Å². The van der Waals surface area contributed by atoms with E-state index in [1.807, 2.05) is 13.0 Å². The molecule has 74 valence electrons. The SMILES string of the molecule is C=CCC1CCCC(C#CC)N1.Cl. The highest BCUT2D eigenvalue weighted by molar-refractivity contribution is 5.85. The fraction of sp³-hybridized carbons (Fsp3) is 0.636. The molecule has 0 aliphatic carbocycles. The van der Waals surface area contributed by atoms with Gasteiger partial charge in [-0.3, -0.25) is 0 Å². The van der Waals surface area contributed by atoms with Crippen molar-refractivity contribution in [3.8, 4) is 11.8 Å². The van der Waals surface area contributed by atoms with Gasteiger partial charge in [0, 0.05) is 6.04 Å². The molecule has 2 unspecified atom stereocenters. The van der Waals surface area contributed by atoms with Crippen LogP contribution in [-0.2, 0) is 0 Å². The van der Waals surface area contributed by atoms with Gasteiger partial charge < -0.3 is 5.32 Å². The minimum Gasteiger partial charge on any atom is -0.301 e. The zero-order chi connectivity index (χ0) is 8.81. The second-order valence-corrected chi connectivity index (χ2v) is 3.27. The second-order valence-electron chi connectivity index (χ2n) is 3.27. The van der Waals surface area contributed by atoms with Gasteiger partial charge in [-0.05, 0) is 32.6 Å². The zero-order valence-corrected chi connectivity index (χ0v) is 8.99. The van der Waals surface area contributed by atoms with E-state index in [0.29, 0.717) is 12.1 Å². The fourth-order valence-electron chi connectivity index (χ4n) is 1.69. The van der Waals surface area contributed by atoms with E-state index in [9.17, 15) is 0 Å². The predicted molar refractivity (Wildman–Crippen MR) is 60.1 cm³/mol. The van der Waals surface area contributed by atoms with Crippen molar-refractivity contribution in [2.75, 3.05) is 0 Å². The van der Waals surface area contributed by atoms with Gasteiger partial charge in [0.05, 0.1) is 6.04 Å². The molecule has 1 rings (SSSR count). The van der Waals surface area contributed by atoms with E-state index in [0.717, 1.165) is 6.42 Å². The van der Waals surface area contributed by atoms with Crippen molar-refractivity contribution < 1.29 is 0 Å². The van der Waals surface area contributed by atoms with E-state index in [1.165, 1.54) is 19.3 Å². The summed E-state index contributed by atoms with van der Waals surface area (Å²) in [6.07, 6.45) is 6.83. The van der Waals surface area contributed by atoms with Crippen molar-refractivity contribution >= 4 is 12.4 Å². The maximum Gasteiger partial charge on any atom is 0.0691 e. The number of nitrogens with one attached hydrogen (secondary N) is 1. The van der Waals surface area contributed by atoms with Crippen LogP contribution in [0.5, 0.6) is 0 Å². The predicted octanol–water partition coefficient (Wildman–Crippen LogP) is 2.52. The molecular formula is C11H18ClN. The normalized spacial score (nSPS) is 26.5. The average molecular weight is 200 g/mol. The van der Waals surface area contributed by atoms with Gasteiger partial charge in [-0.15, -0.1) is 24.9 Å². The Kier molecular flexibility index (Phi) is 6.76. The minimum atomic E-state index is 0. The van der Waals surface area contributed by atoms with Crippen LogP contribution in [0.15, 0.2) is 12.7 Å². The lowest BCUT2D eigenvalue weighted by Crippen LogP contribution is -2.41. The highest BCUT2D eigenvalue weighted by atomic mass is 35.5. The van der Waals surface area contributed by atoms with Gasteiger partial charge in [0.1, 0.15) is 0 Å². The summed E-state index contributed by atoms with van der Waals surface area (Å²) in [4.78, 5) is 0.